The van der Waals surface area contributed by atoms with Gasteiger partial charge < -0.3 is 20.3 Å². The molecule has 0 spiro atoms. The zero-order chi connectivity index (χ0) is 13.4. The van der Waals surface area contributed by atoms with E-state index >= 15 is 0 Å². The first-order chi connectivity index (χ1) is 8.59. The Morgan fingerprint density at radius 1 is 1.28 bits per heavy atom. The topological polar surface area (TPSA) is 70.7 Å². The van der Waals surface area contributed by atoms with Gasteiger partial charge in [0.25, 0.3) is 0 Å². The molecule has 1 fully saturated rings. The van der Waals surface area contributed by atoms with Crippen molar-refractivity contribution in [1.82, 2.24) is 15.5 Å². The molecule has 0 radical (unpaired) electrons. The van der Waals surface area contributed by atoms with Crippen molar-refractivity contribution < 1.29 is 14.3 Å². The standard InChI is InChI=1S/C12H23N3O3/c1-10(2)14-9-11(16)13-4-3-12(17)15-5-7-18-8-6-15/h10,14H,3-9H2,1-2H3,(H,13,16). The van der Waals surface area contributed by atoms with E-state index in [4.69, 9.17) is 4.74 Å². The number of amides is 2. The molecule has 0 aromatic carbocycles. The molecule has 18 heavy (non-hydrogen) atoms. The van der Waals surface area contributed by atoms with Crippen molar-refractivity contribution in [3.63, 3.8) is 0 Å². The third-order valence-corrected chi connectivity index (χ3v) is 2.70. The highest BCUT2D eigenvalue weighted by molar-refractivity contribution is 5.80. The number of hydrogen-bond acceptors (Lipinski definition) is 4. The van der Waals surface area contributed by atoms with Crippen LogP contribution in [0.2, 0.25) is 0 Å². The van der Waals surface area contributed by atoms with Crippen molar-refractivity contribution in [3.05, 3.63) is 0 Å². The van der Waals surface area contributed by atoms with Crippen LogP contribution in [0, 0.1) is 0 Å². The molecule has 1 heterocycles. The van der Waals surface area contributed by atoms with Gasteiger partial charge in [0.1, 0.15) is 0 Å². The maximum Gasteiger partial charge on any atom is 0.233 e. The minimum atomic E-state index is -0.0709. The minimum absolute atomic E-state index is 0.0709. The first-order valence-electron chi connectivity index (χ1n) is 6.45. The summed E-state index contributed by atoms with van der Waals surface area (Å²) in [5.41, 5.74) is 0. The van der Waals surface area contributed by atoms with Crippen molar-refractivity contribution in [2.24, 2.45) is 0 Å². The second-order valence-corrected chi connectivity index (χ2v) is 4.63. The van der Waals surface area contributed by atoms with Gasteiger partial charge in [-0.3, -0.25) is 9.59 Å². The van der Waals surface area contributed by atoms with Gasteiger partial charge in [-0.2, -0.15) is 0 Å². The van der Waals surface area contributed by atoms with Crippen LogP contribution in [-0.4, -0.2) is 62.1 Å². The molecule has 0 bridgehead atoms. The first-order valence-corrected chi connectivity index (χ1v) is 6.45. The molecule has 6 heteroatoms. The van der Waals surface area contributed by atoms with E-state index in [1.807, 2.05) is 13.8 Å². The first kappa shape index (κ1) is 14.9. The summed E-state index contributed by atoms with van der Waals surface area (Å²) in [6.45, 7) is 7.18. The Kier molecular flexibility index (Phi) is 6.67. The van der Waals surface area contributed by atoms with Crippen LogP contribution in [0.5, 0.6) is 0 Å². The van der Waals surface area contributed by atoms with Crippen LogP contribution in [0.4, 0.5) is 0 Å². The van der Waals surface area contributed by atoms with E-state index in [-0.39, 0.29) is 17.9 Å². The summed E-state index contributed by atoms with van der Waals surface area (Å²) in [5.74, 6) is 0.00824. The molecule has 0 saturated carbocycles. The molecule has 2 N–H and O–H groups in total. The zero-order valence-electron chi connectivity index (χ0n) is 11.2. The number of carbonyl (C=O) groups excluding carboxylic acids is 2. The van der Waals surface area contributed by atoms with Crippen LogP contribution in [0.3, 0.4) is 0 Å². The predicted octanol–water partition coefficient (Wildman–Crippen LogP) is -0.650. The Bertz CT molecular complexity index is 276. The summed E-state index contributed by atoms with van der Waals surface area (Å²) in [6, 6.07) is 0.283. The molecule has 1 rings (SSSR count). The fraction of sp³-hybridized carbons (Fsp3) is 0.833. The van der Waals surface area contributed by atoms with Crippen LogP contribution in [0.15, 0.2) is 0 Å². The number of ether oxygens (including phenoxy) is 1. The molecule has 0 aromatic rings. The lowest BCUT2D eigenvalue weighted by atomic mass is 10.3. The summed E-state index contributed by atoms with van der Waals surface area (Å²) in [4.78, 5) is 24.9. The van der Waals surface area contributed by atoms with Crippen LogP contribution >= 0.6 is 0 Å². The van der Waals surface area contributed by atoms with Gasteiger partial charge in [-0.15, -0.1) is 0 Å². The van der Waals surface area contributed by atoms with E-state index in [2.05, 4.69) is 10.6 Å². The summed E-state index contributed by atoms with van der Waals surface area (Å²) in [5, 5.41) is 5.75. The second kappa shape index (κ2) is 8.05. The van der Waals surface area contributed by atoms with E-state index in [0.717, 1.165) is 0 Å². The van der Waals surface area contributed by atoms with E-state index < -0.39 is 0 Å². The number of morpholine rings is 1. The van der Waals surface area contributed by atoms with Gasteiger partial charge in [0, 0.05) is 32.1 Å². The number of carbonyl (C=O) groups is 2. The molecular formula is C12H23N3O3. The molecule has 1 aliphatic rings. The molecule has 0 aliphatic carbocycles. The molecule has 1 aliphatic heterocycles. The molecule has 6 nitrogen and oxygen atoms in total. The Balaban J connectivity index is 2.09. The monoisotopic (exact) mass is 257 g/mol. The number of nitrogens with one attached hydrogen (secondary N) is 2. The fourth-order valence-corrected chi connectivity index (χ4v) is 1.64. The van der Waals surface area contributed by atoms with E-state index in [1.165, 1.54) is 0 Å². The van der Waals surface area contributed by atoms with Crippen molar-refractivity contribution in [2.45, 2.75) is 26.3 Å². The average Bonchev–Trinajstić information content (AvgIpc) is 2.37. The Labute approximate surface area is 108 Å². The maximum absolute atomic E-state index is 11.7. The van der Waals surface area contributed by atoms with Gasteiger partial charge >= 0.3 is 0 Å². The summed E-state index contributed by atoms with van der Waals surface area (Å²) in [7, 11) is 0. The molecule has 0 unspecified atom stereocenters. The highest BCUT2D eigenvalue weighted by Crippen LogP contribution is 1.99. The predicted molar refractivity (Wildman–Crippen MR) is 68.2 cm³/mol. The highest BCUT2D eigenvalue weighted by Gasteiger charge is 2.16. The Morgan fingerprint density at radius 3 is 2.56 bits per heavy atom. The smallest absolute Gasteiger partial charge is 0.233 e. The number of nitrogens with zero attached hydrogens (tertiary/aromatic N) is 1. The largest absolute Gasteiger partial charge is 0.378 e. The SMILES string of the molecule is CC(C)NCC(=O)NCCC(=O)N1CCOCC1. The minimum Gasteiger partial charge on any atom is -0.378 e. The third-order valence-electron chi connectivity index (χ3n) is 2.70. The Morgan fingerprint density at radius 2 is 1.94 bits per heavy atom. The van der Waals surface area contributed by atoms with Crippen LogP contribution in [0.1, 0.15) is 20.3 Å². The zero-order valence-corrected chi connectivity index (χ0v) is 11.2. The Hall–Kier alpha value is -1.14. The van der Waals surface area contributed by atoms with Crippen molar-refractivity contribution in [3.8, 4) is 0 Å². The quantitative estimate of drug-likeness (QED) is 0.663. The van der Waals surface area contributed by atoms with Gasteiger partial charge in [-0.1, -0.05) is 13.8 Å². The van der Waals surface area contributed by atoms with Gasteiger partial charge in [0.05, 0.1) is 19.8 Å². The van der Waals surface area contributed by atoms with Gasteiger partial charge in [0.15, 0.2) is 0 Å². The lowest BCUT2D eigenvalue weighted by molar-refractivity contribution is -0.135. The van der Waals surface area contributed by atoms with Crippen molar-refractivity contribution in [2.75, 3.05) is 39.4 Å². The highest BCUT2D eigenvalue weighted by atomic mass is 16.5. The molecular weight excluding hydrogens is 234 g/mol. The van der Waals surface area contributed by atoms with Crippen LogP contribution in [0.25, 0.3) is 0 Å². The second-order valence-electron chi connectivity index (χ2n) is 4.63. The summed E-state index contributed by atoms with van der Waals surface area (Å²) < 4.78 is 5.17. The van der Waals surface area contributed by atoms with Gasteiger partial charge in [-0.05, 0) is 0 Å². The van der Waals surface area contributed by atoms with Crippen molar-refractivity contribution >= 4 is 11.8 Å². The van der Waals surface area contributed by atoms with E-state index in [0.29, 0.717) is 45.8 Å². The molecule has 0 atom stereocenters. The maximum atomic E-state index is 11.7. The molecule has 1 saturated heterocycles. The van der Waals surface area contributed by atoms with Crippen LogP contribution in [-0.2, 0) is 14.3 Å². The van der Waals surface area contributed by atoms with Gasteiger partial charge in [0.2, 0.25) is 11.8 Å². The molecule has 0 aromatic heterocycles. The van der Waals surface area contributed by atoms with E-state index in [1.54, 1.807) is 4.90 Å². The van der Waals surface area contributed by atoms with Crippen molar-refractivity contribution in [1.29, 1.82) is 0 Å². The molecule has 2 amide bonds. The van der Waals surface area contributed by atoms with Crippen LogP contribution < -0.4 is 10.6 Å². The third kappa shape index (κ3) is 5.97. The average molecular weight is 257 g/mol. The van der Waals surface area contributed by atoms with E-state index in [9.17, 15) is 9.59 Å². The number of hydrogen-bond donors (Lipinski definition) is 2. The van der Waals surface area contributed by atoms with Gasteiger partial charge in [-0.25, -0.2) is 0 Å². The normalized spacial score (nSPS) is 15.8. The lowest BCUT2D eigenvalue weighted by Crippen LogP contribution is -2.43. The number of rotatable bonds is 6. The lowest BCUT2D eigenvalue weighted by Gasteiger charge is -2.26. The summed E-state index contributed by atoms with van der Waals surface area (Å²) in [6.07, 6.45) is 0.355. The summed E-state index contributed by atoms with van der Waals surface area (Å²) >= 11 is 0. The molecule has 104 valence electrons. The fourth-order valence-electron chi connectivity index (χ4n) is 1.64.